The van der Waals surface area contributed by atoms with Gasteiger partial charge < -0.3 is 4.74 Å². The van der Waals surface area contributed by atoms with Crippen molar-refractivity contribution in [1.29, 1.82) is 0 Å². The Morgan fingerprint density at radius 3 is 2.21 bits per heavy atom. The lowest BCUT2D eigenvalue weighted by Crippen LogP contribution is -2.32. The molecular formula is C18H20F4O2. The van der Waals surface area contributed by atoms with Crippen LogP contribution in [0.5, 0.6) is 5.75 Å². The quantitative estimate of drug-likeness (QED) is 0.539. The highest BCUT2D eigenvalue weighted by Crippen LogP contribution is 2.46. The molecule has 0 amide bonds. The van der Waals surface area contributed by atoms with Crippen LogP contribution in [0.1, 0.15) is 67.3 Å². The topological polar surface area (TPSA) is 26.3 Å². The van der Waals surface area contributed by atoms with Crippen molar-refractivity contribution >= 4 is 5.78 Å². The molecule has 2 aliphatic carbocycles. The highest BCUT2D eigenvalue weighted by molar-refractivity contribution is 5.94. The van der Waals surface area contributed by atoms with Crippen molar-refractivity contribution in [2.45, 2.75) is 63.6 Å². The predicted octanol–water partition coefficient (Wildman–Crippen LogP) is 5.41. The van der Waals surface area contributed by atoms with Crippen LogP contribution < -0.4 is 4.74 Å². The zero-order chi connectivity index (χ0) is 17.5. The molecule has 0 spiro atoms. The first-order valence-corrected chi connectivity index (χ1v) is 8.33. The maximum absolute atomic E-state index is 14.1. The average molecular weight is 344 g/mol. The maximum Gasteiger partial charge on any atom is 0.391 e. The van der Waals surface area contributed by atoms with E-state index in [-0.39, 0.29) is 36.2 Å². The van der Waals surface area contributed by atoms with Gasteiger partial charge in [-0.15, -0.1) is 0 Å². The standard InChI is InChI=1S/C18H20F4O2/c1-10(23)14-8-15(11-2-3-11)17(9-16(14)19)24-13-6-4-12(5-7-13)18(20,21)22/h8-9,11-13H,2-7H2,1H3. The summed E-state index contributed by atoms with van der Waals surface area (Å²) in [6.45, 7) is 1.31. The molecular weight excluding hydrogens is 324 g/mol. The minimum Gasteiger partial charge on any atom is -0.490 e. The van der Waals surface area contributed by atoms with E-state index in [0.29, 0.717) is 18.6 Å². The highest BCUT2D eigenvalue weighted by Gasteiger charge is 2.42. The molecule has 0 bridgehead atoms. The summed E-state index contributed by atoms with van der Waals surface area (Å²) < 4.78 is 58.1. The van der Waals surface area contributed by atoms with Gasteiger partial charge in [0.15, 0.2) is 5.78 Å². The van der Waals surface area contributed by atoms with Crippen LogP contribution in [-0.4, -0.2) is 18.1 Å². The van der Waals surface area contributed by atoms with E-state index >= 15 is 0 Å². The molecule has 0 radical (unpaired) electrons. The summed E-state index contributed by atoms with van der Waals surface area (Å²) in [5, 5.41) is 0. The molecule has 0 aromatic heterocycles. The maximum atomic E-state index is 14.1. The van der Waals surface area contributed by atoms with E-state index in [4.69, 9.17) is 4.74 Å². The molecule has 0 heterocycles. The van der Waals surface area contributed by atoms with Gasteiger partial charge in [0.05, 0.1) is 17.6 Å². The van der Waals surface area contributed by atoms with E-state index in [1.54, 1.807) is 6.07 Å². The fourth-order valence-electron chi connectivity index (χ4n) is 3.34. The molecule has 3 rings (SSSR count). The molecule has 2 saturated carbocycles. The summed E-state index contributed by atoms with van der Waals surface area (Å²) in [7, 11) is 0. The largest absolute Gasteiger partial charge is 0.490 e. The van der Waals surface area contributed by atoms with Gasteiger partial charge in [-0.25, -0.2) is 4.39 Å². The SMILES string of the molecule is CC(=O)c1cc(C2CC2)c(OC2CCC(C(F)(F)F)CC2)cc1F. The second-order valence-electron chi connectivity index (χ2n) is 6.83. The number of ketones is 1. The van der Waals surface area contributed by atoms with Gasteiger partial charge in [-0.05, 0) is 63.0 Å². The molecule has 1 aromatic carbocycles. The van der Waals surface area contributed by atoms with Crippen LogP contribution in [0, 0.1) is 11.7 Å². The van der Waals surface area contributed by atoms with Crippen molar-refractivity contribution in [2.75, 3.05) is 0 Å². The monoisotopic (exact) mass is 344 g/mol. The second-order valence-corrected chi connectivity index (χ2v) is 6.83. The molecule has 2 fully saturated rings. The van der Waals surface area contributed by atoms with Gasteiger partial charge in [0.1, 0.15) is 11.6 Å². The Morgan fingerprint density at radius 1 is 1.08 bits per heavy atom. The van der Waals surface area contributed by atoms with Gasteiger partial charge in [0.25, 0.3) is 0 Å². The lowest BCUT2D eigenvalue weighted by Gasteiger charge is -2.30. The van der Waals surface area contributed by atoms with Crippen molar-refractivity contribution in [2.24, 2.45) is 5.92 Å². The Kier molecular flexibility index (Phi) is 4.58. The molecule has 6 heteroatoms. The van der Waals surface area contributed by atoms with E-state index in [2.05, 4.69) is 0 Å². The summed E-state index contributed by atoms with van der Waals surface area (Å²) in [6, 6.07) is 2.77. The van der Waals surface area contributed by atoms with E-state index < -0.39 is 17.9 Å². The van der Waals surface area contributed by atoms with Crippen molar-refractivity contribution in [3.05, 3.63) is 29.1 Å². The summed E-state index contributed by atoms with van der Waals surface area (Å²) in [6.07, 6.45) is -1.86. The molecule has 132 valence electrons. The predicted molar refractivity (Wildman–Crippen MR) is 80.8 cm³/mol. The Hall–Kier alpha value is -1.59. The van der Waals surface area contributed by atoms with Crippen molar-refractivity contribution in [3.8, 4) is 5.75 Å². The zero-order valence-electron chi connectivity index (χ0n) is 13.5. The normalized spacial score (nSPS) is 24.7. The smallest absolute Gasteiger partial charge is 0.391 e. The Morgan fingerprint density at radius 2 is 1.71 bits per heavy atom. The summed E-state index contributed by atoms with van der Waals surface area (Å²) in [4.78, 5) is 11.5. The minimum atomic E-state index is -4.15. The molecule has 0 unspecified atom stereocenters. The second kappa shape index (κ2) is 6.37. The number of ether oxygens (including phenoxy) is 1. The number of halogens is 4. The van der Waals surface area contributed by atoms with E-state index in [9.17, 15) is 22.4 Å². The first-order valence-electron chi connectivity index (χ1n) is 8.33. The number of carbonyl (C=O) groups is 1. The molecule has 0 atom stereocenters. The first-order chi connectivity index (χ1) is 11.3. The molecule has 2 aliphatic rings. The van der Waals surface area contributed by atoms with Crippen LogP contribution in [0.3, 0.4) is 0 Å². The van der Waals surface area contributed by atoms with E-state index in [1.165, 1.54) is 13.0 Å². The number of Topliss-reactive ketones (excluding diaryl/α,β-unsaturated/α-hetero) is 1. The minimum absolute atomic E-state index is 0.0426. The van der Waals surface area contributed by atoms with E-state index in [0.717, 1.165) is 18.4 Å². The molecule has 0 aliphatic heterocycles. The fourth-order valence-corrected chi connectivity index (χ4v) is 3.34. The molecule has 1 aromatic rings. The third-order valence-corrected chi connectivity index (χ3v) is 4.93. The number of hydrogen-bond acceptors (Lipinski definition) is 2. The third kappa shape index (κ3) is 3.73. The van der Waals surface area contributed by atoms with Gasteiger partial charge in [-0.3, -0.25) is 4.79 Å². The lowest BCUT2D eigenvalue weighted by molar-refractivity contribution is -0.185. The van der Waals surface area contributed by atoms with Gasteiger partial charge in [-0.2, -0.15) is 13.2 Å². The van der Waals surface area contributed by atoms with Gasteiger partial charge in [0, 0.05) is 6.07 Å². The fraction of sp³-hybridized carbons (Fsp3) is 0.611. The molecule has 0 saturated heterocycles. The van der Waals surface area contributed by atoms with Gasteiger partial charge in [0.2, 0.25) is 0 Å². The van der Waals surface area contributed by atoms with Gasteiger partial charge in [-0.1, -0.05) is 0 Å². The third-order valence-electron chi connectivity index (χ3n) is 4.93. The molecule has 2 nitrogen and oxygen atoms in total. The molecule has 24 heavy (non-hydrogen) atoms. The van der Waals surface area contributed by atoms with Crippen LogP contribution in [0.2, 0.25) is 0 Å². The number of rotatable bonds is 4. The van der Waals surface area contributed by atoms with Crippen LogP contribution in [-0.2, 0) is 0 Å². The zero-order valence-corrected chi connectivity index (χ0v) is 13.5. The van der Waals surface area contributed by atoms with E-state index in [1.807, 2.05) is 0 Å². The number of carbonyl (C=O) groups excluding carboxylic acids is 1. The number of hydrogen-bond donors (Lipinski definition) is 0. The van der Waals surface area contributed by atoms with Crippen LogP contribution >= 0.6 is 0 Å². The van der Waals surface area contributed by atoms with Crippen molar-refractivity contribution in [3.63, 3.8) is 0 Å². The first kappa shape index (κ1) is 17.2. The molecule has 0 N–H and O–H groups in total. The van der Waals surface area contributed by atoms with Crippen LogP contribution in [0.4, 0.5) is 17.6 Å². The van der Waals surface area contributed by atoms with Crippen LogP contribution in [0.25, 0.3) is 0 Å². The van der Waals surface area contributed by atoms with Crippen LogP contribution in [0.15, 0.2) is 12.1 Å². The summed E-state index contributed by atoms with van der Waals surface area (Å²) >= 11 is 0. The number of benzene rings is 1. The van der Waals surface area contributed by atoms with Crippen molar-refractivity contribution in [1.82, 2.24) is 0 Å². The van der Waals surface area contributed by atoms with Gasteiger partial charge >= 0.3 is 6.18 Å². The Labute approximate surface area is 138 Å². The lowest BCUT2D eigenvalue weighted by atomic mass is 9.87. The summed E-state index contributed by atoms with van der Waals surface area (Å²) in [5.74, 6) is -1.60. The number of alkyl halides is 3. The Balaban J connectivity index is 1.74. The van der Waals surface area contributed by atoms with Crippen molar-refractivity contribution < 1.29 is 27.1 Å². The Bertz CT molecular complexity index is 627. The highest BCUT2D eigenvalue weighted by atomic mass is 19.4. The average Bonchev–Trinajstić information content (AvgIpc) is 3.31. The summed E-state index contributed by atoms with van der Waals surface area (Å²) in [5.41, 5.74) is 0.851.